The third-order valence-corrected chi connectivity index (χ3v) is 5.26. The normalized spacial score (nSPS) is 16.5. The molecule has 1 aliphatic heterocycles. The summed E-state index contributed by atoms with van der Waals surface area (Å²) in [6, 6.07) is 14.8. The third-order valence-electron chi connectivity index (χ3n) is 4.71. The van der Waals surface area contributed by atoms with Crippen molar-refractivity contribution in [1.82, 2.24) is 4.90 Å². The van der Waals surface area contributed by atoms with E-state index in [2.05, 4.69) is 0 Å². The molecule has 0 radical (unpaired) electrons. The first-order valence-electron chi connectivity index (χ1n) is 8.55. The maximum absolute atomic E-state index is 12.3. The highest BCUT2D eigenvalue weighted by molar-refractivity contribution is 6.35. The number of piperidine rings is 1. The summed E-state index contributed by atoms with van der Waals surface area (Å²) in [5, 5.41) is 11.9. The van der Waals surface area contributed by atoms with Gasteiger partial charge in [-0.05, 0) is 30.5 Å². The van der Waals surface area contributed by atoms with E-state index < -0.39 is 5.60 Å². The molecular formula is C20H21Cl2NO3. The zero-order valence-corrected chi connectivity index (χ0v) is 15.8. The van der Waals surface area contributed by atoms with Crippen molar-refractivity contribution >= 4 is 29.1 Å². The first-order valence-corrected chi connectivity index (χ1v) is 9.31. The maximum Gasteiger partial charge on any atom is 0.248 e. The van der Waals surface area contributed by atoms with Crippen molar-refractivity contribution in [3.8, 4) is 0 Å². The smallest absolute Gasteiger partial charge is 0.248 e. The minimum atomic E-state index is -1.04. The fourth-order valence-electron chi connectivity index (χ4n) is 3.18. The minimum Gasteiger partial charge on any atom is -0.385 e. The van der Waals surface area contributed by atoms with E-state index in [4.69, 9.17) is 27.9 Å². The monoisotopic (exact) mass is 393 g/mol. The van der Waals surface area contributed by atoms with E-state index in [0.717, 1.165) is 5.56 Å². The second-order valence-electron chi connectivity index (χ2n) is 6.51. The lowest BCUT2D eigenvalue weighted by atomic mass is 9.84. The molecule has 4 nitrogen and oxygen atoms in total. The molecule has 0 aliphatic carbocycles. The van der Waals surface area contributed by atoms with Crippen LogP contribution in [0.1, 0.15) is 24.0 Å². The topological polar surface area (TPSA) is 49.8 Å². The van der Waals surface area contributed by atoms with Crippen molar-refractivity contribution in [2.45, 2.75) is 25.0 Å². The van der Waals surface area contributed by atoms with E-state index >= 15 is 0 Å². The molecule has 26 heavy (non-hydrogen) atoms. The molecule has 0 bridgehead atoms. The van der Waals surface area contributed by atoms with Crippen molar-refractivity contribution in [3.05, 3.63) is 69.7 Å². The molecule has 0 spiro atoms. The molecule has 6 heteroatoms. The number of amides is 1. The van der Waals surface area contributed by atoms with Gasteiger partial charge in [0.2, 0.25) is 5.91 Å². The number of hydrogen-bond acceptors (Lipinski definition) is 3. The van der Waals surface area contributed by atoms with Gasteiger partial charge in [-0.1, -0.05) is 59.6 Å². The second-order valence-corrected chi connectivity index (χ2v) is 7.36. The lowest BCUT2D eigenvalue weighted by Crippen LogP contribution is -2.46. The van der Waals surface area contributed by atoms with Crippen LogP contribution in [0.2, 0.25) is 10.0 Å². The van der Waals surface area contributed by atoms with Crippen LogP contribution < -0.4 is 0 Å². The lowest BCUT2D eigenvalue weighted by Gasteiger charge is -2.39. The Labute approximate surface area is 163 Å². The Hall–Kier alpha value is -1.59. The molecule has 0 atom stereocenters. The summed E-state index contributed by atoms with van der Waals surface area (Å²) in [7, 11) is 0. The van der Waals surface area contributed by atoms with Crippen molar-refractivity contribution < 1.29 is 14.6 Å². The predicted molar refractivity (Wildman–Crippen MR) is 102 cm³/mol. The van der Waals surface area contributed by atoms with E-state index in [1.165, 1.54) is 0 Å². The molecule has 0 aromatic heterocycles. The van der Waals surface area contributed by atoms with Crippen LogP contribution in [0.15, 0.2) is 48.5 Å². The fraction of sp³-hybridized carbons (Fsp3) is 0.350. The van der Waals surface area contributed by atoms with Gasteiger partial charge in [-0.2, -0.15) is 0 Å². The van der Waals surface area contributed by atoms with E-state index in [0.29, 0.717) is 48.1 Å². The minimum absolute atomic E-state index is 0.0367. The molecule has 2 aromatic carbocycles. The molecule has 1 aliphatic rings. The number of likely N-dealkylation sites (tertiary alicyclic amines) is 1. The summed E-state index contributed by atoms with van der Waals surface area (Å²) < 4.78 is 5.51. The number of benzene rings is 2. The maximum atomic E-state index is 12.3. The number of carbonyl (C=O) groups excluding carboxylic acids is 1. The SMILES string of the molecule is O=C(COCc1ccccc1)N1CCC(O)(c2ccc(Cl)cc2Cl)CC1. The number of ether oxygens (including phenoxy) is 1. The van der Waals surface area contributed by atoms with Crippen molar-refractivity contribution in [1.29, 1.82) is 0 Å². The molecular weight excluding hydrogens is 373 g/mol. The highest BCUT2D eigenvalue weighted by atomic mass is 35.5. The molecule has 1 N–H and O–H groups in total. The quantitative estimate of drug-likeness (QED) is 0.834. The van der Waals surface area contributed by atoms with Gasteiger partial charge in [-0.3, -0.25) is 4.79 Å². The summed E-state index contributed by atoms with van der Waals surface area (Å²) in [5.41, 5.74) is 0.658. The Morgan fingerprint density at radius 2 is 1.81 bits per heavy atom. The van der Waals surface area contributed by atoms with Gasteiger partial charge in [0.1, 0.15) is 6.61 Å². The van der Waals surface area contributed by atoms with Crippen molar-refractivity contribution in [2.24, 2.45) is 0 Å². The molecule has 138 valence electrons. The predicted octanol–water partition coefficient (Wildman–Crippen LogP) is 4.02. The molecule has 1 heterocycles. The van der Waals surface area contributed by atoms with Gasteiger partial charge >= 0.3 is 0 Å². The van der Waals surface area contributed by atoms with Gasteiger partial charge in [0.25, 0.3) is 0 Å². The van der Waals surface area contributed by atoms with Crippen LogP contribution in [0, 0.1) is 0 Å². The summed E-state index contributed by atoms with van der Waals surface area (Å²) >= 11 is 12.2. The van der Waals surface area contributed by atoms with Crippen LogP contribution in [0.4, 0.5) is 0 Å². The molecule has 0 saturated carbocycles. The van der Waals surface area contributed by atoms with Gasteiger partial charge in [0, 0.05) is 28.7 Å². The summed E-state index contributed by atoms with van der Waals surface area (Å²) in [6.07, 6.45) is 0.859. The van der Waals surface area contributed by atoms with E-state index in [9.17, 15) is 9.90 Å². The zero-order chi connectivity index (χ0) is 18.6. The van der Waals surface area contributed by atoms with Crippen LogP contribution in [-0.4, -0.2) is 35.6 Å². The number of rotatable bonds is 5. The third kappa shape index (κ3) is 4.57. The van der Waals surface area contributed by atoms with Crippen LogP contribution in [0.25, 0.3) is 0 Å². The van der Waals surface area contributed by atoms with Gasteiger partial charge in [-0.15, -0.1) is 0 Å². The van der Waals surface area contributed by atoms with E-state index in [1.807, 2.05) is 30.3 Å². The van der Waals surface area contributed by atoms with Gasteiger partial charge in [0.15, 0.2) is 0 Å². The Morgan fingerprint density at radius 3 is 2.46 bits per heavy atom. The molecule has 0 unspecified atom stereocenters. The Kier molecular flexibility index (Phi) is 6.20. The molecule has 1 fully saturated rings. The average molecular weight is 394 g/mol. The number of halogens is 2. The van der Waals surface area contributed by atoms with Gasteiger partial charge in [0.05, 0.1) is 12.2 Å². The molecule has 2 aromatic rings. The summed E-state index contributed by atoms with van der Waals surface area (Å²) in [4.78, 5) is 14.0. The van der Waals surface area contributed by atoms with Crippen LogP contribution in [-0.2, 0) is 21.7 Å². The van der Waals surface area contributed by atoms with Crippen LogP contribution in [0.5, 0.6) is 0 Å². The molecule has 1 amide bonds. The van der Waals surface area contributed by atoms with E-state index in [1.54, 1.807) is 23.1 Å². The zero-order valence-electron chi connectivity index (χ0n) is 14.3. The number of carbonyl (C=O) groups is 1. The van der Waals surface area contributed by atoms with Gasteiger partial charge in [-0.25, -0.2) is 0 Å². The average Bonchev–Trinajstić information content (AvgIpc) is 2.63. The largest absolute Gasteiger partial charge is 0.385 e. The van der Waals surface area contributed by atoms with Crippen molar-refractivity contribution in [2.75, 3.05) is 19.7 Å². The highest BCUT2D eigenvalue weighted by Gasteiger charge is 2.36. The summed E-state index contributed by atoms with van der Waals surface area (Å²) in [6.45, 7) is 1.37. The molecule has 3 rings (SSSR count). The highest BCUT2D eigenvalue weighted by Crippen LogP contribution is 2.37. The molecule has 1 saturated heterocycles. The standard InChI is InChI=1S/C20H21Cl2NO3/c21-16-6-7-17(18(22)12-16)20(25)8-10-23(11-9-20)19(24)14-26-13-15-4-2-1-3-5-15/h1-7,12,25H,8-11,13-14H2. The Bertz CT molecular complexity index is 759. The van der Waals surface area contributed by atoms with Crippen LogP contribution in [0.3, 0.4) is 0 Å². The number of hydrogen-bond donors (Lipinski definition) is 1. The lowest BCUT2D eigenvalue weighted by molar-refractivity contribution is -0.141. The first-order chi connectivity index (χ1) is 12.5. The van der Waals surface area contributed by atoms with E-state index in [-0.39, 0.29) is 12.5 Å². The first kappa shape index (κ1) is 19.2. The fourth-order valence-corrected chi connectivity index (χ4v) is 3.77. The number of nitrogens with zero attached hydrogens (tertiary/aromatic N) is 1. The second kappa shape index (κ2) is 8.40. The Balaban J connectivity index is 1.51. The summed E-state index contributed by atoms with van der Waals surface area (Å²) in [5.74, 6) is -0.0646. The van der Waals surface area contributed by atoms with Crippen molar-refractivity contribution in [3.63, 3.8) is 0 Å². The van der Waals surface area contributed by atoms with Crippen LogP contribution >= 0.6 is 23.2 Å². The Morgan fingerprint density at radius 1 is 1.12 bits per heavy atom. The number of aliphatic hydroxyl groups is 1. The van der Waals surface area contributed by atoms with Gasteiger partial charge < -0.3 is 14.7 Å².